The first-order valence-electron chi connectivity index (χ1n) is 5.65. The van der Waals surface area contributed by atoms with E-state index in [4.69, 9.17) is 10.5 Å². The number of hydrogen-bond donors (Lipinski definition) is 1. The lowest BCUT2D eigenvalue weighted by atomic mass is 10.2. The van der Waals surface area contributed by atoms with Gasteiger partial charge in [-0.25, -0.2) is 4.98 Å². The molecule has 0 unspecified atom stereocenters. The van der Waals surface area contributed by atoms with Gasteiger partial charge in [-0.1, -0.05) is 13.0 Å². The second-order valence-corrected chi connectivity index (χ2v) is 3.94. The monoisotopic (exact) mass is 247 g/mol. The first kappa shape index (κ1) is 12.3. The SMILES string of the molecule is CCc1ncnc(Oc2cc(C)ccc2N)c1F. The predicted molar refractivity (Wildman–Crippen MR) is 67.0 cm³/mol. The van der Waals surface area contributed by atoms with E-state index in [1.54, 1.807) is 12.1 Å². The van der Waals surface area contributed by atoms with Gasteiger partial charge in [0.1, 0.15) is 6.33 Å². The number of ether oxygens (including phenoxy) is 1. The van der Waals surface area contributed by atoms with Gasteiger partial charge in [0, 0.05) is 0 Å². The topological polar surface area (TPSA) is 61.0 Å². The molecule has 0 aliphatic rings. The van der Waals surface area contributed by atoms with Crippen molar-refractivity contribution in [2.75, 3.05) is 5.73 Å². The first-order chi connectivity index (χ1) is 8.61. The Morgan fingerprint density at radius 1 is 1.33 bits per heavy atom. The van der Waals surface area contributed by atoms with Gasteiger partial charge in [-0.3, -0.25) is 0 Å². The van der Waals surface area contributed by atoms with Crippen LogP contribution in [0.5, 0.6) is 11.6 Å². The molecule has 0 amide bonds. The number of aromatic nitrogens is 2. The summed E-state index contributed by atoms with van der Waals surface area (Å²) in [6, 6.07) is 5.31. The van der Waals surface area contributed by atoms with Gasteiger partial charge in [0.2, 0.25) is 5.82 Å². The van der Waals surface area contributed by atoms with E-state index >= 15 is 0 Å². The Balaban J connectivity index is 2.37. The molecule has 1 heterocycles. The quantitative estimate of drug-likeness (QED) is 0.847. The summed E-state index contributed by atoms with van der Waals surface area (Å²) in [5, 5.41) is 0. The molecule has 0 radical (unpaired) electrons. The summed E-state index contributed by atoms with van der Waals surface area (Å²) in [5.41, 5.74) is 7.51. The van der Waals surface area contributed by atoms with Crippen molar-refractivity contribution in [2.45, 2.75) is 20.3 Å². The summed E-state index contributed by atoms with van der Waals surface area (Å²) < 4.78 is 19.3. The highest BCUT2D eigenvalue weighted by molar-refractivity contribution is 5.54. The van der Waals surface area contributed by atoms with Crippen molar-refractivity contribution >= 4 is 5.69 Å². The van der Waals surface area contributed by atoms with Crippen molar-refractivity contribution in [3.8, 4) is 11.6 Å². The highest BCUT2D eigenvalue weighted by Gasteiger charge is 2.13. The molecule has 1 aromatic carbocycles. The number of anilines is 1. The van der Waals surface area contributed by atoms with Gasteiger partial charge < -0.3 is 10.5 Å². The van der Waals surface area contributed by atoms with Crippen molar-refractivity contribution in [3.05, 3.63) is 41.6 Å². The fourth-order valence-corrected chi connectivity index (χ4v) is 1.54. The van der Waals surface area contributed by atoms with Crippen LogP contribution in [0.25, 0.3) is 0 Å². The van der Waals surface area contributed by atoms with Gasteiger partial charge in [0.05, 0.1) is 11.4 Å². The molecule has 0 saturated carbocycles. The minimum atomic E-state index is -0.541. The van der Waals surface area contributed by atoms with Gasteiger partial charge in [-0.05, 0) is 31.0 Å². The van der Waals surface area contributed by atoms with Crippen LogP contribution in [-0.2, 0) is 6.42 Å². The van der Waals surface area contributed by atoms with E-state index in [9.17, 15) is 4.39 Å². The maximum absolute atomic E-state index is 13.9. The number of nitrogens with two attached hydrogens (primary N) is 1. The van der Waals surface area contributed by atoms with Gasteiger partial charge in [-0.2, -0.15) is 9.37 Å². The van der Waals surface area contributed by atoms with Crippen molar-refractivity contribution in [2.24, 2.45) is 0 Å². The number of hydrogen-bond acceptors (Lipinski definition) is 4. The molecule has 1 aromatic heterocycles. The van der Waals surface area contributed by atoms with Gasteiger partial charge in [0.15, 0.2) is 5.75 Å². The average Bonchev–Trinajstić information content (AvgIpc) is 2.36. The smallest absolute Gasteiger partial charge is 0.259 e. The third-order valence-electron chi connectivity index (χ3n) is 2.54. The lowest BCUT2D eigenvalue weighted by Crippen LogP contribution is -2.01. The number of aryl methyl sites for hydroxylation is 2. The molecule has 0 bridgehead atoms. The van der Waals surface area contributed by atoms with E-state index in [1.165, 1.54) is 6.33 Å². The highest BCUT2D eigenvalue weighted by Crippen LogP contribution is 2.29. The zero-order chi connectivity index (χ0) is 13.1. The van der Waals surface area contributed by atoms with Crippen LogP contribution in [0.4, 0.5) is 10.1 Å². The van der Waals surface area contributed by atoms with Crippen molar-refractivity contribution in [1.82, 2.24) is 9.97 Å². The van der Waals surface area contributed by atoms with Crippen LogP contribution in [0.2, 0.25) is 0 Å². The van der Waals surface area contributed by atoms with E-state index < -0.39 is 5.82 Å². The van der Waals surface area contributed by atoms with Crippen molar-refractivity contribution in [3.63, 3.8) is 0 Å². The third-order valence-corrected chi connectivity index (χ3v) is 2.54. The van der Waals surface area contributed by atoms with Crippen LogP contribution < -0.4 is 10.5 Å². The van der Waals surface area contributed by atoms with E-state index in [-0.39, 0.29) is 5.88 Å². The number of nitrogens with zero attached hydrogens (tertiary/aromatic N) is 2. The number of benzene rings is 1. The minimum absolute atomic E-state index is 0.0980. The molecular formula is C13H14FN3O. The lowest BCUT2D eigenvalue weighted by Gasteiger charge is -2.09. The molecule has 18 heavy (non-hydrogen) atoms. The molecule has 4 nitrogen and oxygen atoms in total. The molecule has 5 heteroatoms. The summed E-state index contributed by atoms with van der Waals surface area (Å²) in [4.78, 5) is 7.63. The number of nitrogen functional groups attached to an aromatic ring is 1. The molecule has 94 valence electrons. The van der Waals surface area contributed by atoms with Crippen LogP contribution in [0.1, 0.15) is 18.2 Å². The molecule has 0 spiro atoms. The largest absolute Gasteiger partial charge is 0.434 e. The Labute approximate surface area is 105 Å². The third kappa shape index (κ3) is 2.40. The molecule has 0 saturated heterocycles. The second kappa shape index (κ2) is 5.00. The molecule has 0 aliphatic carbocycles. The maximum Gasteiger partial charge on any atom is 0.259 e. The van der Waals surface area contributed by atoms with Crippen LogP contribution in [0.15, 0.2) is 24.5 Å². The number of rotatable bonds is 3. The molecule has 2 N–H and O–H groups in total. The Bertz CT molecular complexity index is 572. The van der Waals surface area contributed by atoms with E-state index in [1.807, 2.05) is 19.9 Å². The average molecular weight is 247 g/mol. The van der Waals surface area contributed by atoms with Crippen molar-refractivity contribution < 1.29 is 9.13 Å². The normalized spacial score (nSPS) is 10.4. The maximum atomic E-state index is 13.9. The Morgan fingerprint density at radius 2 is 2.11 bits per heavy atom. The van der Waals surface area contributed by atoms with Crippen LogP contribution >= 0.6 is 0 Å². The highest BCUT2D eigenvalue weighted by atomic mass is 19.1. The summed E-state index contributed by atoms with van der Waals surface area (Å²) in [7, 11) is 0. The van der Waals surface area contributed by atoms with E-state index in [2.05, 4.69) is 9.97 Å². The van der Waals surface area contributed by atoms with Gasteiger partial charge in [-0.15, -0.1) is 0 Å². The summed E-state index contributed by atoms with van der Waals surface area (Å²) in [5.74, 6) is -0.241. The molecule has 0 atom stereocenters. The zero-order valence-corrected chi connectivity index (χ0v) is 10.3. The van der Waals surface area contributed by atoms with Gasteiger partial charge >= 0.3 is 0 Å². The van der Waals surface area contributed by atoms with Crippen LogP contribution in [-0.4, -0.2) is 9.97 Å². The van der Waals surface area contributed by atoms with Gasteiger partial charge in [0.25, 0.3) is 5.88 Å². The molecule has 2 rings (SSSR count). The zero-order valence-electron chi connectivity index (χ0n) is 10.3. The standard InChI is InChI=1S/C13H14FN3O/c1-3-10-12(14)13(17-7-16-10)18-11-6-8(2)4-5-9(11)15/h4-7H,3,15H2,1-2H3. The van der Waals surface area contributed by atoms with Crippen molar-refractivity contribution in [1.29, 1.82) is 0 Å². The fourth-order valence-electron chi connectivity index (χ4n) is 1.54. The molecular weight excluding hydrogens is 233 g/mol. The first-order valence-corrected chi connectivity index (χ1v) is 5.65. The Morgan fingerprint density at radius 3 is 2.83 bits per heavy atom. The molecule has 2 aromatic rings. The van der Waals surface area contributed by atoms with Crippen LogP contribution in [0.3, 0.4) is 0 Å². The summed E-state index contributed by atoms with van der Waals surface area (Å²) >= 11 is 0. The second-order valence-electron chi connectivity index (χ2n) is 3.94. The van der Waals surface area contributed by atoms with Crippen LogP contribution in [0, 0.1) is 12.7 Å². The lowest BCUT2D eigenvalue weighted by molar-refractivity contribution is 0.416. The van der Waals surface area contributed by atoms with E-state index in [0.717, 1.165) is 5.56 Å². The summed E-state index contributed by atoms with van der Waals surface area (Å²) in [6.45, 7) is 3.72. The number of halogens is 1. The van der Waals surface area contributed by atoms with E-state index in [0.29, 0.717) is 23.6 Å². The molecule has 0 aliphatic heterocycles. The summed E-state index contributed by atoms with van der Waals surface area (Å²) in [6.07, 6.45) is 1.76. The predicted octanol–water partition coefficient (Wildman–Crippen LogP) is 2.86. The Hall–Kier alpha value is -2.17. The minimum Gasteiger partial charge on any atom is -0.434 e. The Kier molecular flexibility index (Phi) is 3.41. The fraction of sp³-hybridized carbons (Fsp3) is 0.231. The molecule has 0 fully saturated rings.